The fourth-order valence-electron chi connectivity index (χ4n) is 1.51. The van der Waals surface area contributed by atoms with Crippen LogP contribution in [-0.2, 0) is 12.8 Å². The topological polar surface area (TPSA) is 30.0 Å². The molecule has 2 nitrogen and oxygen atoms in total. The number of aryl methyl sites for hydroxylation is 1. The van der Waals surface area contributed by atoms with Crippen LogP contribution in [0, 0.1) is 0 Å². The molecule has 1 heterocycles. The molecule has 0 aliphatic carbocycles. The van der Waals surface area contributed by atoms with Gasteiger partial charge in [0.25, 0.3) is 0 Å². The molecule has 3 heteroatoms. The Balaban J connectivity index is 2.09. The minimum atomic E-state index is 0.137. The molecule has 1 aromatic heterocycles. The van der Waals surface area contributed by atoms with E-state index in [0.29, 0.717) is 6.42 Å². The summed E-state index contributed by atoms with van der Waals surface area (Å²) in [6.07, 6.45) is 3.14. The van der Waals surface area contributed by atoms with Crippen LogP contribution in [0.4, 0.5) is 0 Å². The van der Waals surface area contributed by atoms with E-state index in [0.717, 1.165) is 17.0 Å². The van der Waals surface area contributed by atoms with E-state index in [9.17, 15) is 4.79 Å². The van der Waals surface area contributed by atoms with E-state index in [1.165, 1.54) is 16.9 Å². The van der Waals surface area contributed by atoms with Gasteiger partial charge in [-0.1, -0.05) is 31.2 Å². The summed E-state index contributed by atoms with van der Waals surface area (Å²) in [5, 5.41) is 2.77. The highest BCUT2D eigenvalue weighted by atomic mass is 32.1. The van der Waals surface area contributed by atoms with Crippen LogP contribution in [0.25, 0.3) is 0 Å². The lowest BCUT2D eigenvalue weighted by Gasteiger charge is -2.00. The van der Waals surface area contributed by atoms with Crippen molar-refractivity contribution >= 4 is 17.1 Å². The molecule has 0 unspecified atom stereocenters. The van der Waals surface area contributed by atoms with Gasteiger partial charge in [-0.3, -0.25) is 4.79 Å². The van der Waals surface area contributed by atoms with Gasteiger partial charge in [0.1, 0.15) is 5.01 Å². The molecule has 16 heavy (non-hydrogen) atoms. The zero-order valence-corrected chi connectivity index (χ0v) is 9.96. The van der Waals surface area contributed by atoms with Gasteiger partial charge < -0.3 is 0 Å². The van der Waals surface area contributed by atoms with E-state index in [4.69, 9.17) is 0 Å². The van der Waals surface area contributed by atoms with Gasteiger partial charge in [0.2, 0.25) is 0 Å². The smallest absolute Gasteiger partial charge is 0.169 e. The molecule has 2 aromatic rings. The molecule has 0 saturated heterocycles. The molecule has 2 rings (SSSR count). The highest BCUT2D eigenvalue weighted by molar-refractivity contribution is 7.09. The van der Waals surface area contributed by atoms with Crippen LogP contribution < -0.4 is 0 Å². The summed E-state index contributed by atoms with van der Waals surface area (Å²) in [6.45, 7) is 2.10. The summed E-state index contributed by atoms with van der Waals surface area (Å²) < 4.78 is 0. The quantitative estimate of drug-likeness (QED) is 0.757. The number of hydrogen-bond acceptors (Lipinski definition) is 3. The number of rotatable bonds is 4. The second-order valence-corrected chi connectivity index (χ2v) is 4.56. The minimum Gasteiger partial charge on any atom is -0.294 e. The van der Waals surface area contributed by atoms with Crippen LogP contribution in [0.3, 0.4) is 0 Å². The largest absolute Gasteiger partial charge is 0.294 e. The van der Waals surface area contributed by atoms with E-state index in [2.05, 4.69) is 11.9 Å². The van der Waals surface area contributed by atoms with Crippen molar-refractivity contribution in [3.63, 3.8) is 0 Å². The maximum absolute atomic E-state index is 11.9. The Bertz CT molecular complexity index is 459. The molecule has 1 aromatic carbocycles. The van der Waals surface area contributed by atoms with Gasteiger partial charge >= 0.3 is 0 Å². The summed E-state index contributed by atoms with van der Waals surface area (Å²) in [5.41, 5.74) is 2.03. The van der Waals surface area contributed by atoms with Crippen molar-refractivity contribution in [2.24, 2.45) is 0 Å². The molecule has 0 spiro atoms. The lowest BCUT2D eigenvalue weighted by molar-refractivity contribution is 0.0993. The van der Waals surface area contributed by atoms with Crippen LogP contribution >= 0.6 is 11.3 Å². The van der Waals surface area contributed by atoms with Crippen LogP contribution in [0.15, 0.2) is 35.8 Å². The Labute approximate surface area is 99.0 Å². The number of carbonyl (C=O) groups excluding carboxylic acids is 1. The Hall–Kier alpha value is -1.48. The average molecular weight is 231 g/mol. The van der Waals surface area contributed by atoms with Gasteiger partial charge in [-0.15, -0.1) is 11.3 Å². The molecule has 0 saturated carbocycles. The molecule has 0 N–H and O–H groups in total. The molecule has 0 radical (unpaired) electrons. The summed E-state index contributed by atoms with van der Waals surface area (Å²) in [5.74, 6) is 0.137. The molecular formula is C13H13NOS. The van der Waals surface area contributed by atoms with Crippen molar-refractivity contribution in [3.8, 4) is 0 Å². The predicted molar refractivity (Wildman–Crippen MR) is 66.0 cm³/mol. The highest BCUT2D eigenvalue weighted by Crippen LogP contribution is 2.11. The standard InChI is InChI=1S/C13H13NOS/c1-2-10-3-5-11(6-4-10)12(15)9-13-14-7-8-16-13/h3-8H,2,9H2,1H3. The molecule has 0 aliphatic rings. The van der Waals surface area contributed by atoms with Gasteiger partial charge in [0.15, 0.2) is 5.78 Å². The van der Waals surface area contributed by atoms with Crippen molar-refractivity contribution in [1.82, 2.24) is 4.98 Å². The van der Waals surface area contributed by atoms with Gasteiger partial charge in [-0.25, -0.2) is 4.98 Å². The first-order valence-corrected chi connectivity index (χ1v) is 6.18. The van der Waals surface area contributed by atoms with E-state index in [1.54, 1.807) is 6.20 Å². The zero-order chi connectivity index (χ0) is 11.4. The Morgan fingerprint density at radius 2 is 2.06 bits per heavy atom. The maximum atomic E-state index is 11.9. The van der Waals surface area contributed by atoms with Crippen LogP contribution in [0.5, 0.6) is 0 Å². The first-order valence-electron chi connectivity index (χ1n) is 5.30. The second kappa shape index (κ2) is 5.03. The van der Waals surface area contributed by atoms with Crippen molar-refractivity contribution in [2.45, 2.75) is 19.8 Å². The summed E-state index contributed by atoms with van der Waals surface area (Å²) >= 11 is 1.52. The van der Waals surface area contributed by atoms with E-state index in [1.807, 2.05) is 29.6 Å². The molecule has 82 valence electrons. The second-order valence-electron chi connectivity index (χ2n) is 3.58. The molecule has 0 fully saturated rings. The van der Waals surface area contributed by atoms with Crippen molar-refractivity contribution < 1.29 is 4.79 Å². The molecule has 0 amide bonds. The van der Waals surface area contributed by atoms with Crippen LogP contribution in [0.1, 0.15) is 27.9 Å². The third kappa shape index (κ3) is 2.55. The minimum absolute atomic E-state index is 0.137. The first kappa shape index (κ1) is 11.0. The zero-order valence-electron chi connectivity index (χ0n) is 9.14. The average Bonchev–Trinajstić information content (AvgIpc) is 2.82. The number of hydrogen-bond donors (Lipinski definition) is 0. The first-order chi connectivity index (χ1) is 7.79. The Kier molecular flexibility index (Phi) is 3.47. The monoisotopic (exact) mass is 231 g/mol. The van der Waals surface area contributed by atoms with Crippen molar-refractivity contribution in [3.05, 3.63) is 52.0 Å². The number of nitrogens with zero attached hydrogens (tertiary/aromatic N) is 1. The van der Waals surface area contributed by atoms with E-state index in [-0.39, 0.29) is 5.78 Å². The number of benzene rings is 1. The van der Waals surface area contributed by atoms with Crippen LogP contribution in [0.2, 0.25) is 0 Å². The number of ketones is 1. The number of carbonyl (C=O) groups is 1. The van der Waals surface area contributed by atoms with Gasteiger partial charge in [0.05, 0.1) is 6.42 Å². The van der Waals surface area contributed by atoms with Gasteiger partial charge in [0, 0.05) is 17.1 Å². The summed E-state index contributed by atoms with van der Waals surface area (Å²) in [6, 6.07) is 7.81. The maximum Gasteiger partial charge on any atom is 0.169 e. The molecule has 0 atom stereocenters. The van der Waals surface area contributed by atoms with Gasteiger partial charge in [-0.05, 0) is 12.0 Å². The number of aromatic nitrogens is 1. The fraction of sp³-hybridized carbons (Fsp3) is 0.231. The lowest BCUT2D eigenvalue weighted by Crippen LogP contribution is -2.03. The van der Waals surface area contributed by atoms with Crippen molar-refractivity contribution in [1.29, 1.82) is 0 Å². The Morgan fingerprint density at radius 3 is 2.62 bits per heavy atom. The molecule has 0 aliphatic heterocycles. The number of thiazole rings is 1. The predicted octanol–water partition coefficient (Wildman–Crippen LogP) is 3.13. The third-order valence-corrected chi connectivity index (χ3v) is 3.26. The van der Waals surface area contributed by atoms with Crippen LogP contribution in [-0.4, -0.2) is 10.8 Å². The molecular weight excluding hydrogens is 218 g/mol. The highest BCUT2D eigenvalue weighted by Gasteiger charge is 2.08. The van der Waals surface area contributed by atoms with E-state index < -0.39 is 0 Å². The van der Waals surface area contributed by atoms with E-state index >= 15 is 0 Å². The fourth-order valence-corrected chi connectivity index (χ4v) is 2.12. The van der Waals surface area contributed by atoms with Crippen molar-refractivity contribution in [2.75, 3.05) is 0 Å². The summed E-state index contributed by atoms with van der Waals surface area (Å²) in [4.78, 5) is 16.0. The lowest BCUT2D eigenvalue weighted by atomic mass is 10.1. The number of Topliss-reactive ketones (excluding diaryl/α,β-unsaturated/α-hetero) is 1. The Morgan fingerprint density at radius 1 is 1.31 bits per heavy atom. The SMILES string of the molecule is CCc1ccc(C(=O)Cc2nccs2)cc1. The normalized spacial score (nSPS) is 10.3. The third-order valence-electron chi connectivity index (χ3n) is 2.48. The summed E-state index contributed by atoms with van der Waals surface area (Å²) in [7, 11) is 0. The molecule has 0 bridgehead atoms. The van der Waals surface area contributed by atoms with Gasteiger partial charge in [-0.2, -0.15) is 0 Å².